The van der Waals surface area contributed by atoms with E-state index >= 15 is 0 Å². The molecule has 0 atom stereocenters. The van der Waals surface area contributed by atoms with E-state index in [9.17, 15) is 31.1 Å². The van der Waals surface area contributed by atoms with Crippen molar-refractivity contribution < 1.29 is 40.3 Å². The number of benzene rings is 1. The van der Waals surface area contributed by atoms with E-state index in [1.165, 1.54) is 24.3 Å². The number of hydrogen-bond acceptors (Lipinski definition) is 4. The van der Waals surface area contributed by atoms with Crippen LogP contribution in [-0.2, 0) is 6.54 Å². The molecule has 2 heterocycles. The molecule has 3 aromatic rings. The quantitative estimate of drug-likeness (QED) is 0.388. The van der Waals surface area contributed by atoms with Gasteiger partial charge in [-0.25, -0.2) is 17.6 Å². The summed E-state index contributed by atoms with van der Waals surface area (Å²) in [5.74, 6) is -1.48. The Balaban J connectivity index is 1.80. The van der Waals surface area contributed by atoms with E-state index in [4.69, 9.17) is 16.0 Å². The molecule has 3 rings (SSSR count). The number of rotatable bonds is 8. The summed E-state index contributed by atoms with van der Waals surface area (Å²) in [5, 5.41) is 4.89. The Hall–Kier alpha value is -3.15. The fourth-order valence-corrected chi connectivity index (χ4v) is 3.08. The highest BCUT2D eigenvalue weighted by atomic mass is 35.5. The lowest BCUT2D eigenvalue weighted by molar-refractivity contribution is -0.0494. The van der Waals surface area contributed by atoms with Crippen LogP contribution in [0.25, 0.3) is 0 Å². The van der Waals surface area contributed by atoms with Crippen molar-refractivity contribution in [2.45, 2.75) is 32.9 Å². The highest BCUT2D eigenvalue weighted by Gasteiger charge is 2.28. The molecule has 32 heavy (non-hydrogen) atoms. The van der Waals surface area contributed by atoms with E-state index in [1.807, 2.05) is 0 Å². The molecular formula is C19H14ClF6N3O3. The van der Waals surface area contributed by atoms with Crippen LogP contribution in [0.1, 0.15) is 46.1 Å². The third-order valence-corrected chi connectivity index (χ3v) is 4.55. The Labute approximate surface area is 181 Å². The molecular weight excluding hydrogens is 468 g/mol. The first-order valence-electron chi connectivity index (χ1n) is 8.84. The van der Waals surface area contributed by atoms with Crippen molar-refractivity contribution in [3.05, 3.63) is 63.8 Å². The van der Waals surface area contributed by atoms with Crippen molar-refractivity contribution in [1.82, 2.24) is 9.78 Å². The Bertz CT molecular complexity index is 1120. The molecule has 0 radical (unpaired) electrons. The number of furan rings is 1. The van der Waals surface area contributed by atoms with Crippen molar-refractivity contribution >= 4 is 23.2 Å². The van der Waals surface area contributed by atoms with E-state index in [0.717, 1.165) is 0 Å². The van der Waals surface area contributed by atoms with Gasteiger partial charge in [-0.2, -0.15) is 13.9 Å². The molecule has 13 heteroatoms. The predicted octanol–water partition coefficient (Wildman–Crippen LogP) is 6.22. The predicted molar refractivity (Wildman–Crippen MR) is 101 cm³/mol. The SMILES string of the molecule is Cc1ccc(NC(=O)c2ccc(Cn3nc(C(F)F)c(Cl)c3C(F)F)o2)c(OC(F)F)c1. The number of aromatic nitrogens is 2. The van der Waals surface area contributed by atoms with Crippen LogP contribution in [-0.4, -0.2) is 22.3 Å². The van der Waals surface area contributed by atoms with Crippen LogP contribution in [0.5, 0.6) is 5.75 Å². The summed E-state index contributed by atoms with van der Waals surface area (Å²) < 4.78 is 87.8. The lowest BCUT2D eigenvalue weighted by Crippen LogP contribution is -2.13. The zero-order valence-electron chi connectivity index (χ0n) is 16.1. The molecule has 0 fully saturated rings. The molecule has 6 nitrogen and oxygen atoms in total. The molecule has 2 aromatic heterocycles. The first-order chi connectivity index (χ1) is 15.1. The molecule has 0 aliphatic rings. The first-order valence-corrected chi connectivity index (χ1v) is 9.22. The molecule has 1 amide bonds. The van der Waals surface area contributed by atoms with Crippen molar-refractivity contribution in [3.8, 4) is 5.75 Å². The van der Waals surface area contributed by atoms with E-state index < -0.39 is 48.3 Å². The van der Waals surface area contributed by atoms with Crippen LogP contribution in [0, 0.1) is 6.92 Å². The second-order valence-electron chi connectivity index (χ2n) is 6.44. The molecule has 0 aliphatic heterocycles. The Morgan fingerprint density at radius 3 is 2.50 bits per heavy atom. The molecule has 0 saturated carbocycles. The number of nitrogens with zero attached hydrogens (tertiary/aromatic N) is 2. The Morgan fingerprint density at radius 2 is 1.88 bits per heavy atom. The minimum atomic E-state index is -3.19. The van der Waals surface area contributed by atoms with Gasteiger partial charge in [0.25, 0.3) is 18.8 Å². The fraction of sp³-hybridized carbons (Fsp3) is 0.263. The highest BCUT2D eigenvalue weighted by Crippen LogP contribution is 2.35. The average Bonchev–Trinajstić information content (AvgIpc) is 3.28. The van der Waals surface area contributed by atoms with Gasteiger partial charge >= 0.3 is 6.61 Å². The summed E-state index contributed by atoms with van der Waals surface area (Å²) in [4.78, 5) is 12.4. The number of carbonyl (C=O) groups excluding carboxylic acids is 1. The highest BCUT2D eigenvalue weighted by molar-refractivity contribution is 6.32. The minimum absolute atomic E-state index is 0.0562. The number of hydrogen-bond donors (Lipinski definition) is 1. The third-order valence-electron chi connectivity index (χ3n) is 4.16. The molecule has 1 aromatic carbocycles. The van der Waals surface area contributed by atoms with E-state index in [-0.39, 0.29) is 23.0 Å². The number of nitrogens with one attached hydrogen (secondary N) is 1. The van der Waals surface area contributed by atoms with Gasteiger partial charge < -0.3 is 14.5 Å². The van der Waals surface area contributed by atoms with Crippen molar-refractivity contribution in [2.75, 3.05) is 5.32 Å². The van der Waals surface area contributed by atoms with Gasteiger partial charge in [-0.15, -0.1) is 0 Å². The minimum Gasteiger partial charge on any atom is -0.454 e. The standard InChI is InChI=1S/C19H14ClF6N3O3/c1-8-2-4-10(12(6-8)32-19(25)26)27-18(30)11-5-3-9(31-11)7-29-15(17(23)24)13(20)14(28-29)16(21)22/h2-6,16-17,19H,7H2,1H3,(H,27,30). The van der Waals surface area contributed by atoms with Gasteiger partial charge in [0.2, 0.25) is 0 Å². The molecule has 0 bridgehead atoms. The van der Waals surface area contributed by atoms with Crippen molar-refractivity contribution in [1.29, 1.82) is 0 Å². The Morgan fingerprint density at radius 1 is 1.16 bits per heavy atom. The van der Waals surface area contributed by atoms with Gasteiger partial charge in [0.1, 0.15) is 22.9 Å². The van der Waals surface area contributed by atoms with Gasteiger partial charge in [-0.05, 0) is 36.8 Å². The van der Waals surface area contributed by atoms with Gasteiger partial charge in [-0.1, -0.05) is 17.7 Å². The summed E-state index contributed by atoms with van der Waals surface area (Å²) in [5.41, 5.74) is -1.37. The van der Waals surface area contributed by atoms with Crippen molar-refractivity contribution in [2.24, 2.45) is 0 Å². The molecule has 0 unspecified atom stereocenters. The number of anilines is 1. The van der Waals surface area contributed by atoms with Crippen LogP contribution in [0.2, 0.25) is 5.02 Å². The number of ether oxygens (including phenoxy) is 1. The second kappa shape index (κ2) is 9.55. The summed E-state index contributed by atoms with van der Waals surface area (Å²) in [6.45, 7) is -1.99. The lowest BCUT2D eigenvalue weighted by atomic mass is 10.2. The summed E-state index contributed by atoms with van der Waals surface area (Å²) in [6, 6.07) is 6.63. The number of alkyl halides is 6. The maximum absolute atomic E-state index is 13.3. The summed E-state index contributed by atoms with van der Waals surface area (Å²) in [6.07, 6.45) is -6.35. The smallest absolute Gasteiger partial charge is 0.387 e. The van der Waals surface area contributed by atoms with Crippen molar-refractivity contribution in [3.63, 3.8) is 0 Å². The zero-order valence-corrected chi connectivity index (χ0v) is 16.8. The topological polar surface area (TPSA) is 69.3 Å². The molecule has 1 N–H and O–H groups in total. The van der Waals surface area contributed by atoms with Gasteiger partial charge in [0, 0.05) is 0 Å². The fourth-order valence-electron chi connectivity index (χ4n) is 2.78. The van der Waals surface area contributed by atoms with Crippen LogP contribution < -0.4 is 10.1 Å². The lowest BCUT2D eigenvalue weighted by Gasteiger charge is -2.12. The number of carbonyl (C=O) groups is 1. The zero-order chi connectivity index (χ0) is 23.6. The van der Waals surface area contributed by atoms with Crippen LogP contribution in [0.15, 0.2) is 34.7 Å². The van der Waals surface area contributed by atoms with Crippen LogP contribution >= 0.6 is 11.6 Å². The number of amides is 1. The molecule has 172 valence electrons. The maximum atomic E-state index is 13.3. The van der Waals surface area contributed by atoms with Crippen LogP contribution in [0.4, 0.5) is 32.0 Å². The summed E-state index contributed by atoms with van der Waals surface area (Å²) in [7, 11) is 0. The maximum Gasteiger partial charge on any atom is 0.387 e. The Kier molecular flexibility index (Phi) is 7.02. The second-order valence-corrected chi connectivity index (χ2v) is 6.82. The first kappa shape index (κ1) is 23.5. The molecule has 0 aliphatic carbocycles. The van der Waals surface area contributed by atoms with E-state index in [1.54, 1.807) is 13.0 Å². The van der Waals surface area contributed by atoms with Gasteiger partial charge in [0.05, 0.1) is 17.3 Å². The van der Waals surface area contributed by atoms with E-state index in [0.29, 0.717) is 10.2 Å². The van der Waals surface area contributed by atoms with E-state index in [2.05, 4.69) is 15.2 Å². The average molecular weight is 482 g/mol. The number of halogens is 7. The van der Waals surface area contributed by atoms with Crippen LogP contribution in [0.3, 0.4) is 0 Å². The van der Waals surface area contributed by atoms with Gasteiger partial charge in [-0.3, -0.25) is 9.48 Å². The van der Waals surface area contributed by atoms with Gasteiger partial charge in [0.15, 0.2) is 5.76 Å². The molecule has 0 saturated heterocycles. The monoisotopic (exact) mass is 481 g/mol. The third kappa shape index (κ3) is 5.18. The summed E-state index contributed by atoms with van der Waals surface area (Å²) >= 11 is 5.59. The molecule has 0 spiro atoms. The number of aryl methyl sites for hydroxylation is 1. The normalized spacial score (nSPS) is 11.6. The largest absolute Gasteiger partial charge is 0.454 e.